The van der Waals surface area contributed by atoms with Gasteiger partial charge in [-0.05, 0) is 13.8 Å². The highest BCUT2D eigenvalue weighted by Crippen LogP contribution is 2.40. The number of esters is 1. The van der Waals surface area contributed by atoms with Gasteiger partial charge in [0.15, 0.2) is 11.9 Å². The van der Waals surface area contributed by atoms with Crippen LogP contribution in [0.5, 0.6) is 0 Å². The minimum Gasteiger partial charge on any atom is -0.490 e. The van der Waals surface area contributed by atoms with Gasteiger partial charge in [-0.15, -0.1) is 0 Å². The van der Waals surface area contributed by atoms with Crippen molar-refractivity contribution in [1.29, 1.82) is 0 Å². The molecular weight excluding hydrogens is 295 g/mol. The van der Waals surface area contributed by atoms with Gasteiger partial charge in [0.25, 0.3) is 0 Å². The number of phosphoric acid groups is 1. The van der Waals surface area contributed by atoms with E-state index in [1.807, 2.05) is 0 Å². The number of aliphatic hydroxyl groups excluding tert-OH is 1. The maximum atomic E-state index is 11.6. The van der Waals surface area contributed by atoms with Crippen molar-refractivity contribution in [2.24, 2.45) is 0 Å². The van der Waals surface area contributed by atoms with Gasteiger partial charge in [-0.25, -0.2) is 9.36 Å². The summed E-state index contributed by atoms with van der Waals surface area (Å²) in [6.45, 7) is 2.87. The van der Waals surface area contributed by atoms with Crippen molar-refractivity contribution in [3.05, 3.63) is 11.5 Å². The van der Waals surface area contributed by atoms with E-state index in [0.29, 0.717) is 0 Å². The fourth-order valence-electron chi connectivity index (χ4n) is 1.64. The molecule has 0 aliphatic carbocycles. The fraction of sp³-hybridized carbons (Fsp3) is 0.700. The third kappa shape index (κ3) is 4.19. The largest absolute Gasteiger partial charge is 0.490 e. The van der Waals surface area contributed by atoms with Crippen molar-refractivity contribution in [1.82, 2.24) is 0 Å². The molecule has 116 valence electrons. The first-order valence-corrected chi connectivity index (χ1v) is 7.42. The van der Waals surface area contributed by atoms with E-state index >= 15 is 0 Å². The number of carbonyl (C=O) groups excluding carboxylic acids is 1. The molecule has 3 N–H and O–H groups in total. The van der Waals surface area contributed by atoms with E-state index in [-0.39, 0.29) is 24.7 Å². The highest BCUT2D eigenvalue weighted by Gasteiger charge is 2.44. The van der Waals surface area contributed by atoms with Gasteiger partial charge in [0.1, 0.15) is 6.10 Å². The van der Waals surface area contributed by atoms with Crippen LogP contribution in [0.2, 0.25) is 0 Å². The highest BCUT2D eigenvalue weighted by molar-refractivity contribution is 7.46. The van der Waals surface area contributed by atoms with Crippen LogP contribution in [0.15, 0.2) is 11.5 Å². The first kappa shape index (κ1) is 16.9. The second-order valence-corrected chi connectivity index (χ2v) is 4.89. The number of ether oxygens (including phenoxy) is 3. The molecule has 0 fully saturated rings. The van der Waals surface area contributed by atoms with Crippen LogP contribution < -0.4 is 0 Å². The molecule has 0 radical (unpaired) electrons. The van der Waals surface area contributed by atoms with Gasteiger partial charge in [-0.1, -0.05) is 0 Å². The summed E-state index contributed by atoms with van der Waals surface area (Å²) < 4.78 is 30.4. The summed E-state index contributed by atoms with van der Waals surface area (Å²) in [4.78, 5) is 29.2. The zero-order chi connectivity index (χ0) is 15.3. The molecule has 1 aliphatic rings. The molecule has 0 saturated heterocycles. The lowest BCUT2D eigenvalue weighted by Crippen LogP contribution is -2.34. The molecule has 1 heterocycles. The normalized spacial score (nSPS) is 20.9. The molecule has 0 aromatic heterocycles. The van der Waals surface area contributed by atoms with Crippen LogP contribution in [-0.4, -0.2) is 52.9 Å². The maximum Gasteiger partial charge on any atom is 0.470 e. The van der Waals surface area contributed by atoms with Gasteiger partial charge in [0.2, 0.25) is 5.76 Å². The molecular formula is C10H17O9P. The fourth-order valence-corrected chi connectivity index (χ4v) is 2.17. The maximum absolute atomic E-state index is 11.6. The van der Waals surface area contributed by atoms with Crippen molar-refractivity contribution in [3.63, 3.8) is 0 Å². The van der Waals surface area contributed by atoms with E-state index in [9.17, 15) is 9.36 Å². The Morgan fingerprint density at radius 1 is 1.30 bits per heavy atom. The van der Waals surface area contributed by atoms with Crippen LogP contribution >= 0.6 is 7.82 Å². The quantitative estimate of drug-likeness (QED) is 0.407. The lowest BCUT2D eigenvalue weighted by molar-refractivity contribution is -0.148. The van der Waals surface area contributed by atoms with E-state index in [4.69, 9.17) is 29.1 Å². The van der Waals surface area contributed by atoms with Crippen LogP contribution in [0.3, 0.4) is 0 Å². The molecule has 1 rings (SSSR count). The monoisotopic (exact) mass is 312 g/mol. The van der Waals surface area contributed by atoms with Gasteiger partial charge < -0.3 is 29.1 Å². The van der Waals surface area contributed by atoms with E-state index in [1.165, 1.54) is 0 Å². The Morgan fingerprint density at radius 2 is 1.90 bits per heavy atom. The standard InChI is InChI=1S/C10H17O9P/c1-3-16-8-7(6(5-11)19-20(13,14)15)18-10(12)9(8)17-4-2/h6-7,11H,3-5H2,1-2H3,(H2,13,14,15)/t6-,7+/m0/s1. The van der Waals surface area contributed by atoms with Crippen LogP contribution in [0, 0.1) is 0 Å². The predicted molar refractivity (Wildman–Crippen MR) is 64.2 cm³/mol. The zero-order valence-electron chi connectivity index (χ0n) is 11.0. The van der Waals surface area contributed by atoms with Gasteiger partial charge >= 0.3 is 13.8 Å². The van der Waals surface area contributed by atoms with Crippen LogP contribution in [0.1, 0.15) is 13.8 Å². The number of hydrogen-bond donors (Lipinski definition) is 3. The molecule has 0 bridgehead atoms. The second kappa shape index (κ2) is 7.05. The topological polar surface area (TPSA) is 132 Å². The first-order valence-electron chi connectivity index (χ1n) is 5.89. The predicted octanol–water partition coefficient (Wildman–Crippen LogP) is -0.333. The Bertz CT molecular complexity index is 426. The number of aliphatic hydroxyl groups is 1. The zero-order valence-corrected chi connectivity index (χ0v) is 11.9. The molecule has 1 aliphatic heterocycles. The van der Waals surface area contributed by atoms with Crippen molar-refractivity contribution in [2.45, 2.75) is 26.1 Å². The Kier molecular flexibility index (Phi) is 5.97. The highest BCUT2D eigenvalue weighted by atomic mass is 31.2. The van der Waals surface area contributed by atoms with Crippen molar-refractivity contribution in [3.8, 4) is 0 Å². The lowest BCUT2D eigenvalue weighted by atomic mass is 10.2. The van der Waals surface area contributed by atoms with Gasteiger partial charge in [0.05, 0.1) is 19.8 Å². The third-order valence-electron chi connectivity index (χ3n) is 2.28. The molecule has 20 heavy (non-hydrogen) atoms. The van der Waals surface area contributed by atoms with Crippen LogP contribution in [0.4, 0.5) is 0 Å². The average molecular weight is 312 g/mol. The van der Waals surface area contributed by atoms with Crippen LogP contribution in [-0.2, 0) is 28.1 Å². The number of cyclic esters (lactones) is 1. The number of carbonyl (C=O) groups is 1. The summed E-state index contributed by atoms with van der Waals surface area (Å²) in [7, 11) is -4.86. The minimum absolute atomic E-state index is 0.0492. The summed E-state index contributed by atoms with van der Waals surface area (Å²) in [5.74, 6) is -1.08. The summed E-state index contributed by atoms with van der Waals surface area (Å²) in [6.07, 6.45) is -2.74. The van der Waals surface area contributed by atoms with Crippen molar-refractivity contribution < 1.29 is 43.0 Å². The molecule has 0 saturated carbocycles. The number of hydrogen-bond acceptors (Lipinski definition) is 7. The lowest BCUT2D eigenvalue weighted by Gasteiger charge is -2.22. The minimum atomic E-state index is -4.86. The summed E-state index contributed by atoms with van der Waals surface area (Å²) in [5.41, 5.74) is 0. The number of rotatable bonds is 8. The summed E-state index contributed by atoms with van der Waals surface area (Å²) in [6, 6.07) is 0. The SMILES string of the molecule is CCOC1=C(OCC)[C@@H]([C@H](CO)OP(=O)(O)O)OC1=O. The van der Waals surface area contributed by atoms with E-state index in [0.717, 1.165) is 0 Å². The first-order chi connectivity index (χ1) is 9.34. The van der Waals surface area contributed by atoms with E-state index in [1.54, 1.807) is 13.8 Å². The molecule has 0 aromatic rings. The third-order valence-corrected chi connectivity index (χ3v) is 2.83. The molecule has 10 heteroatoms. The Hall–Kier alpha value is -1.12. The van der Waals surface area contributed by atoms with Gasteiger partial charge in [0, 0.05) is 0 Å². The molecule has 0 spiro atoms. The smallest absolute Gasteiger partial charge is 0.470 e. The Labute approximate surface area is 115 Å². The molecule has 0 aromatic carbocycles. The van der Waals surface area contributed by atoms with E-state index < -0.39 is 32.6 Å². The van der Waals surface area contributed by atoms with Gasteiger partial charge in [-0.2, -0.15) is 0 Å². The Morgan fingerprint density at radius 3 is 2.35 bits per heavy atom. The molecule has 0 unspecified atom stereocenters. The van der Waals surface area contributed by atoms with Crippen LogP contribution in [0.25, 0.3) is 0 Å². The molecule has 0 amide bonds. The molecule has 2 atom stereocenters. The average Bonchev–Trinajstić information content (AvgIpc) is 2.65. The summed E-state index contributed by atoms with van der Waals surface area (Å²) in [5, 5.41) is 9.16. The summed E-state index contributed by atoms with van der Waals surface area (Å²) >= 11 is 0. The van der Waals surface area contributed by atoms with Crippen molar-refractivity contribution in [2.75, 3.05) is 19.8 Å². The number of phosphoric ester groups is 1. The molecule has 9 nitrogen and oxygen atoms in total. The van der Waals surface area contributed by atoms with Crippen molar-refractivity contribution >= 4 is 13.8 Å². The Balaban J connectivity index is 3.02. The van der Waals surface area contributed by atoms with E-state index in [2.05, 4.69) is 4.52 Å². The second-order valence-electron chi connectivity index (χ2n) is 3.70. The van der Waals surface area contributed by atoms with Gasteiger partial charge in [-0.3, -0.25) is 4.52 Å².